The van der Waals surface area contributed by atoms with Crippen LogP contribution in [0.2, 0.25) is 0 Å². The van der Waals surface area contributed by atoms with Gasteiger partial charge in [-0.05, 0) is 39.8 Å². The average molecular weight is 314 g/mol. The van der Waals surface area contributed by atoms with Crippen molar-refractivity contribution in [3.63, 3.8) is 0 Å². The van der Waals surface area contributed by atoms with Gasteiger partial charge in [0.05, 0.1) is 4.90 Å². The first kappa shape index (κ1) is 18.7. The Labute approximate surface area is 148 Å². The van der Waals surface area contributed by atoms with Crippen LogP contribution in [-0.4, -0.2) is 13.0 Å². The van der Waals surface area contributed by atoms with Crippen LogP contribution in [0.3, 0.4) is 0 Å². The van der Waals surface area contributed by atoms with Crippen LogP contribution in [0.5, 0.6) is 0 Å². The number of fused-ring (bicyclic) bond motifs is 1. The minimum atomic E-state index is -4.47. The van der Waals surface area contributed by atoms with Gasteiger partial charge in [-0.15, -0.1) is 0 Å². The van der Waals surface area contributed by atoms with Crippen LogP contribution in [0.15, 0.2) is 35.2 Å². The molecular formula is C16H19NaO3S. The maximum atomic E-state index is 11.5. The van der Waals surface area contributed by atoms with Crippen molar-refractivity contribution < 1.29 is 42.5 Å². The number of hydrogen-bond acceptors (Lipinski definition) is 3. The van der Waals surface area contributed by atoms with Crippen molar-refractivity contribution in [2.24, 2.45) is 0 Å². The summed E-state index contributed by atoms with van der Waals surface area (Å²) >= 11 is 0. The standard InChI is InChI=1S/C16H20O3S.Na/c1-10(2)12-5-6-15-14(7-12)8-13(11(3)4)9-16(15)20(17,18)19;/h5-11H,1-4H3,(H,17,18,19);/q;+1/p-1. The molecule has 0 bridgehead atoms. The van der Waals surface area contributed by atoms with Crippen LogP contribution < -0.4 is 29.6 Å². The Kier molecular flexibility index (Phi) is 6.04. The molecule has 3 nitrogen and oxygen atoms in total. The first-order valence-corrected chi connectivity index (χ1v) is 8.14. The van der Waals surface area contributed by atoms with Crippen LogP contribution in [-0.2, 0) is 10.1 Å². The van der Waals surface area contributed by atoms with E-state index in [9.17, 15) is 13.0 Å². The Morgan fingerprint density at radius 2 is 1.43 bits per heavy atom. The maximum Gasteiger partial charge on any atom is 1.00 e. The van der Waals surface area contributed by atoms with Gasteiger partial charge in [0.25, 0.3) is 0 Å². The summed E-state index contributed by atoms with van der Waals surface area (Å²) in [6, 6.07) is 9.07. The van der Waals surface area contributed by atoms with E-state index in [1.165, 1.54) is 6.07 Å². The topological polar surface area (TPSA) is 57.2 Å². The summed E-state index contributed by atoms with van der Waals surface area (Å²) in [5.41, 5.74) is 2.00. The molecule has 0 aliphatic heterocycles. The van der Waals surface area contributed by atoms with Crippen molar-refractivity contribution in [3.8, 4) is 0 Å². The van der Waals surface area contributed by atoms with Crippen molar-refractivity contribution in [1.82, 2.24) is 0 Å². The SMILES string of the molecule is CC(C)c1ccc2c(S(=O)(=O)[O-])cc(C(C)C)cc2c1.[Na+]. The van der Waals surface area contributed by atoms with E-state index in [2.05, 4.69) is 13.8 Å². The van der Waals surface area contributed by atoms with Crippen LogP contribution >= 0.6 is 0 Å². The van der Waals surface area contributed by atoms with Crippen LogP contribution in [0.4, 0.5) is 0 Å². The van der Waals surface area contributed by atoms with Crippen molar-refractivity contribution >= 4 is 20.9 Å². The van der Waals surface area contributed by atoms with E-state index < -0.39 is 10.1 Å². The third kappa shape index (κ3) is 4.08. The van der Waals surface area contributed by atoms with Crippen molar-refractivity contribution in [2.45, 2.75) is 44.4 Å². The molecule has 0 saturated heterocycles. The summed E-state index contributed by atoms with van der Waals surface area (Å²) in [6.07, 6.45) is 0. The van der Waals surface area contributed by atoms with Crippen LogP contribution in [0, 0.1) is 0 Å². The van der Waals surface area contributed by atoms with E-state index in [1.807, 2.05) is 32.0 Å². The van der Waals surface area contributed by atoms with Gasteiger partial charge in [-0.25, -0.2) is 8.42 Å². The smallest absolute Gasteiger partial charge is 0.744 e. The Bertz CT molecular complexity index is 744. The molecule has 0 N–H and O–H groups in total. The van der Waals surface area contributed by atoms with Gasteiger partial charge in [-0.2, -0.15) is 0 Å². The molecule has 21 heavy (non-hydrogen) atoms. The first-order chi connectivity index (χ1) is 9.20. The number of hydrogen-bond donors (Lipinski definition) is 0. The van der Waals surface area contributed by atoms with E-state index in [4.69, 9.17) is 0 Å². The van der Waals surface area contributed by atoms with Crippen LogP contribution in [0.1, 0.15) is 50.7 Å². The zero-order valence-corrected chi connectivity index (χ0v) is 16.0. The normalized spacial score (nSPS) is 12.0. The molecule has 2 aromatic rings. The predicted molar refractivity (Wildman–Crippen MR) is 80.1 cm³/mol. The van der Waals surface area contributed by atoms with Crippen molar-refractivity contribution in [3.05, 3.63) is 41.5 Å². The summed E-state index contributed by atoms with van der Waals surface area (Å²) in [4.78, 5) is -0.117. The second kappa shape index (κ2) is 6.80. The van der Waals surface area contributed by atoms with E-state index in [0.29, 0.717) is 11.3 Å². The molecule has 0 radical (unpaired) electrons. The predicted octanol–water partition coefficient (Wildman–Crippen LogP) is 0.995. The van der Waals surface area contributed by atoms with Gasteiger partial charge >= 0.3 is 29.6 Å². The minimum Gasteiger partial charge on any atom is -0.744 e. The molecule has 0 atom stereocenters. The number of benzene rings is 2. The minimum absolute atomic E-state index is 0. The summed E-state index contributed by atoms with van der Waals surface area (Å²) in [5, 5.41) is 1.32. The Morgan fingerprint density at radius 3 is 1.90 bits per heavy atom. The monoisotopic (exact) mass is 314 g/mol. The molecule has 0 spiro atoms. The first-order valence-electron chi connectivity index (χ1n) is 6.73. The molecule has 0 aliphatic carbocycles. The molecule has 0 fully saturated rings. The number of rotatable bonds is 3. The maximum absolute atomic E-state index is 11.5. The van der Waals surface area contributed by atoms with Gasteiger partial charge in [0.15, 0.2) is 0 Å². The summed E-state index contributed by atoms with van der Waals surface area (Å²) in [7, 11) is -4.47. The van der Waals surface area contributed by atoms with Gasteiger partial charge in [0, 0.05) is 0 Å². The van der Waals surface area contributed by atoms with Gasteiger partial charge in [-0.1, -0.05) is 52.0 Å². The van der Waals surface area contributed by atoms with Crippen molar-refractivity contribution in [2.75, 3.05) is 0 Å². The fourth-order valence-corrected chi connectivity index (χ4v) is 3.01. The molecule has 5 heteroatoms. The molecule has 0 saturated carbocycles. The molecule has 0 heterocycles. The molecule has 0 unspecified atom stereocenters. The van der Waals surface area contributed by atoms with Gasteiger partial charge in [0.2, 0.25) is 0 Å². The van der Waals surface area contributed by atoms with E-state index in [-0.39, 0.29) is 40.4 Å². The van der Waals surface area contributed by atoms with E-state index in [1.54, 1.807) is 6.07 Å². The van der Waals surface area contributed by atoms with Crippen molar-refractivity contribution in [1.29, 1.82) is 0 Å². The fraction of sp³-hybridized carbons (Fsp3) is 0.375. The van der Waals surface area contributed by atoms with Gasteiger partial charge in [-0.3, -0.25) is 0 Å². The second-order valence-electron chi connectivity index (χ2n) is 5.76. The van der Waals surface area contributed by atoms with Gasteiger partial charge in [0.1, 0.15) is 10.1 Å². The quantitative estimate of drug-likeness (QED) is 0.627. The fourth-order valence-electron chi connectivity index (χ4n) is 2.27. The largest absolute Gasteiger partial charge is 1.00 e. The average Bonchev–Trinajstić information content (AvgIpc) is 2.35. The van der Waals surface area contributed by atoms with E-state index in [0.717, 1.165) is 16.5 Å². The summed E-state index contributed by atoms with van der Waals surface area (Å²) in [6.45, 7) is 8.13. The van der Waals surface area contributed by atoms with Gasteiger partial charge < -0.3 is 4.55 Å². The molecule has 0 amide bonds. The zero-order chi connectivity index (χ0) is 15.1. The van der Waals surface area contributed by atoms with Crippen LogP contribution in [0.25, 0.3) is 10.8 Å². The van der Waals surface area contributed by atoms with E-state index >= 15 is 0 Å². The molecule has 2 aromatic carbocycles. The Morgan fingerprint density at radius 1 is 0.905 bits per heavy atom. The summed E-state index contributed by atoms with van der Waals surface area (Å²) < 4.78 is 34.5. The Hall–Kier alpha value is -0.390. The summed E-state index contributed by atoms with van der Waals surface area (Å²) in [5.74, 6) is 0.525. The molecular weight excluding hydrogens is 295 g/mol. The third-order valence-electron chi connectivity index (χ3n) is 3.56. The Balaban J connectivity index is 0.00000220. The second-order valence-corrected chi connectivity index (χ2v) is 7.11. The molecule has 2 rings (SSSR count). The third-order valence-corrected chi connectivity index (χ3v) is 4.44. The molecule has 0 aromatic heterocycles. The molecule has 108 valence electrons. The zero-order valence-electron chi connectivity index (χ0n) is 13.2. The molecule has 0 aliphatic rings.